The quantitative estimate of drug-likeness (QED) is 0.129. The van der Waals surface area contributed by atoms with E-state index in [1.165, 1.54) is 0 Å². The van der Waals surface area contributed by atoms with Crippen LogP contribution in [0, 0.1) is 0 Å². The Morgan fingerprint density at radius 2 is 0.719 bits per heavy atom. The Bertz CT molecular complexity index is 3150. The van der Waals surface area contributed by atoms with Gasteiger partial charge in [0.15, 0.2) is 23.3 Å². The topological polar surface area (TPSA) is 155 Å². The van der Waals surface area contributed by atoms with Crippen LogP contribution in [0.5, 0.6) is 0 Å². The van der Waals surface area contributed by atoms with E-state index in [1.54, 1.807) is 12.1 Å². The number of imide groups is 1. The first-order valence-electron chi connectivity index (χ1n) is 19.2. The SMILES string of the molecule is CC(C)(C)c1ccc2c(c1)-c1nc-2nc2[nH]c(nc3nc(nc4[nH]c(n1)c1ccc(C(C)(C)C)cc41)-c1ccc(C(C)(C)C)cc1-3)c1cc3c(cc21)C(=O)NC3=O. The second-order valence-corrected chi connectivity index (χ2v) is 18.4. The molecule has 0 fully saturated rings. The van der Waals surface area contributed by atoms with E-state index in [-0.39, 0.29) is 27.4 Å². The molecule has 3 N–H and O–H groups in total. The van der Waals surface area contributed by atoms with Gasteiger partial charge >= 0.3 is 0 Å². The summed E-state index contributed by atoms with van der Waals surface area (Å²) in [5.41, 5.74) is 9.08. The number of carbonyl (C=O) groups excluding carboxylic acids is 2. The lowest BCUT2D eigenvalue weighted by molar-refractivity contribution is 0.0879. The van der Waals surface area contributed by atoms with E-state index in [1.807, 2.05) is 6.07 Å². The molecule has 11 heteroatoms. The molecule has 6 heterocycles. The smallest absolute Gasteiger partial charge is 0.258 e. The molecule has 282 valence electrons. The van der Waals surface area contributed by atoms with Crippen molar-refractivity contribution >= 4 is 55.9 Å². The molecular formula is C46H41N9O2. The summed E-state index contributed by atoms with van der Waals surface area (Å²) in [6, 6.07) is 22.5. The zero-order chi connectivity index (χ0) is 39.9. The highest BCUT2D eigenvalue weighted by Gasteiger charge is 2.30. The van der Waals surface area contributed by atoms with Gasteiger partial charge in [-0.15, -0.1) is 0 Å². The Labute approximate surface area is 328 Å². The number of rotatable bonds is 0. The Kier molecular flexibility index (Phi) is 7.01. The number of hydrogen-bond donors (Lipinski definition) is 3. The van der Waals surface area contributed by atoms with Gasteiger partial charge in [0.1, 0.15) is 22.6 Å². The second kappa shape index (κ2) is 11.5. The molecule has 10 rings (SSSR count). The highest BCUT2D eigenvalue weighted by atomic mass is 16.2. The number of hydrogen-bond acceptors (Lipinski definition) is 8. The van der Waals surface area contributed by atoms with Crippen LogP contribution in [0.2, 0.25) is 0 Å². The largest absolute Gasteiger partial charge is 0.324 e. The molecule has 0 saturated heterocycles. The van der Waals surface area contributed by atoms with E-state index in [0.29, 0.717) is 56.7 Å². The highest BCUT2D eigenvalue weighted by Crippen LogP contribution is 2.41. The summed E-state index contributed by atoms with van der Waals surface area (Å²) >= 11 is 0. The minimum Gasteiger partial charge on any atom is -0.324 e. The Balaban J connectivity index is 1.39. The molecule has 57 heavy (non-hydrogen) atoms. The number of benzene rings is 4. The molecule has 0 atom stereocenters. The Hall–Kier alpha value is -6.62. The molecule has 3 aliphatic rings. The first-order valence-corrected chi connectivity index (χ1v) is 19.2. The molecular weight excluding hydrogens is 711 g/mol. The van der Waals surface area contributed by atoms with Crippen LogP contribution in [-0.2, 0) is 16.2 Å². The maximum Gasteiger partial charge on any atom is 0.258 e. The third kappa shape index (κ3) is 5.47. The normalized spacial score (nSPS) is 13.9. The maximum atomic E-state index is 12.9. The zero-order valence-corrected chi connectivity index (χ0v) is 33.4. The van der Waals surface area contributed by atoms with Crippen molar-refractivity contribution in [2.75, 3.05) is 0 Å². The second-order valence-electron chi connectivity index (χ2n) is 18.4. The predicted molar refractivity (Wildman–Crippen MR) is 224 cm³/mol. The fourth-order valence-electron chi connectivity index (χ4n) is 7.85. The van der Waals surface area contributed by atoms with Gasteiger partial charge in [-0.3, -0.25) is 14.9 Å². The van der Waals surface area contributed by atoms with Crippen LogP contribution in [0.25, 0.3) is 89.7 Å². The van der Waals surface area contributed by atoms with Crippen molar-refractivity contribution in [2.24, 2.45) is 0 Å². The first-order chi connectivity index (χ1) is 26.9. The summed E-state index contributed by atoms with van der Waals surface area (Å²) in [4.78, 5) is 63.9. The zero-order valence-electron chi connectivity index (χ0n) is 33.4. The lowest BCUT2D eigenvalue weighted by Crippen LogP contribution is -2.19. The molecule has 0 radical (unpaired) electrons. The fraction of sp³-hybridized carbons (Fsp3) is 0.261. The summed E-state index contributed by atoms with van der Waals surface area (Å²) in [6.45, 7) is 19.7. The average Bonchev–Trinajstić information content (AvgIpc) is 3.92. The molecule has 8 bridgehead atoms. The number of amides is 2. The van der Waals surface area contributed by atoms with Crippen LogP contribution >= 0.6 is 0 Å². The number of H-pyrrole nitrogens is 2. The lowest BCUT2D eigenvalue weighted by atomic mass is 9.85. The van der Waals surface area contributed by atoms with Crippen LogP contribution in [0.1, 0.15) is 99.7 Å². The van der Waals surface area contributed by atoms with Gasteiger partial charge in [-0.05, 0) is 63.3 Å². The van der Waals surface area contributed by atoms with Gasteiger partial charge in [0.2, 0.25) is 0 Å². The Morgan fingerprint density at radius 1 is 0.368 bits per heavy atom. The molecule has 4 aromatic carbocycles. The fourth-order valence-corrected chi connectivity index (χ4v) is 7.85. The van der Waals surface area contributed by atoms with Gasteiger partial charge in [-0.25, -0.2) is 29.9 Å². The summed E-state index contributed by atoms with van der Waals surface area (Å²) in [5, 5.41) is 5.49. The molecule has 0 aliphatic carbocycles. The van der Waals surface area contributed by atoms with Crippen molar-refractivity contribution in [1.29, 1.82) is 0 Å². The van der Waals surface area contributed by atoms with E-state index in [4.69, 9.17) is 29.9 Å². The maximum absolute atomic E-state index is 12.9. The molecule has 7 aromatic rings. The first kappa shape index (κ1) is 34.8. The van der Waals surface area contributed by atoms with Gasteiger partial charge in [-0.1, -0.05) is 98.7 Å². The van der Waals surface area contributed by atoms with E-state index in [2.05, 4.69) is 126 Å². The van der Waals surface area contributed by atoms with E-state index >= 15 is 0 Å². The molecule has 2 amide bonds. The summed E-state index contributed by atoms with van der Waals surface area (Å²) < 4.78 is 0. The molecule has 3 aliphatic heterocycles. The van der Waals surface area contributed by atoms with E-state index < -0.39 is 11.8 Å². The van der Waals surface area contributed by atoms with Crippen LogP contribution in [0.4, 0.5) is 0 Å². The molecule has 11 nitrogen and oxygen atoms in total. The lowest BCUT2D eigenvalue weighted by Gasteiger charge is -2.19. The minimum atomic E-state index is -0.453. The van der Waals surface area contributed by atoms with Crippen LogP contribution < -0.4 is 5.32 Å². The minimum absolute atomic E-state index is 0.106. The number of aromatic nitrogens is 8. The number of nitrogens with zero attached hydrogens (tertiary/aromatic N) is 6. The van der Waals surface area contributed by atoms with Crippen molar-refractivity contribution in [3.63, 3.8) is 0 Å². The molecule has 0 unspecified atom stereocenters. The van der Waals surface area contributed by atoms with Gasteiger partial charge in [0, 0.05) is 43.8 Å². The van der Waals surface area contributed by atoms with Gasteiger partial charge in [0.05, 0.1) is 11.1 Å². The van der Waals surface area contributed by atoms with E-state index in [9.17, 15) is 9.59 Å². The number of nitrogens with one attached hydrogen (secondary N) is 3. The molecule has 0 spiro atoms. The van der Waals surface area contributed by atoms with Crippen molar-refractivity contribution < 1.29 is 9.59 Å². The average molecular weight is 752 g/mol. The highest BCUT2D eigenvalue weighted by molar-refractivity contribution is 6.24. The van der Waals surface area contributed by atoms with Crippen molar-refractivity contribution in [2.45, 2.75) is 78.6 Å². The number of carbonyl (C=O) groups is 2. The third-order valence-corrected chi connectivity index (χ3v) is 11.3. The van der Waals surface area contributed by atoms with Crippen LogP contribution in [0.3, 0.4) is 0 Å². The van der Waals surface area contributed by atoms with E-state index in [0.717, 1.165) is 49.7 Å². The van der Waals surface area contributed by atoms with Crippen LogP contribution in [-0.4, -0.2) is 51.7 Å². The predicted octanol–water partition coefficient (Wildman–Crippen LogP) is 9.65. The molecule has 0 saturated carbocycles. The number of fused-ring (bicyclic) bond motifs is 21. The van der Waals surface area contributed by atoms with Gasteiger partial charge < -0.3 is 9.97 Å². The van der Waals surface area contributed by atoms with Crippen LogP contribution in [0.15, 0.2) is 66.7 Å². The standard InChI is InChI=1S/C46H41N9O2/c1-44(2,3)21-10-13-24-27(16-21)37-47-34(24)48-38-28-17-22(45(4,5)6)11-14-25(28)36(50-38)52-40-30-19-32-33(43(57)55-42(32)56)20-31(30)41(54-40)53-39-29-18-23(46(7,8)9)12-15-26(29)35(49-37)51-39/h10-20H,1-9H3,(H,55,56,57)(H2,47,48,49,50,51,52,53,54). The van der Waals surface area contributed by atoms with Gasteiger partial charge in [0.25, 0.3) is 11.8 Å². The van der Waals surface area contributed by atoms with Gasteiger partial charge in [-0.2, -0.15) is 0 Å². The van der Waals surface area contributed by atoms with Crippen molar-refractivity contribution in [3.8, 4) is 45.6 Å². The summed E-state index contributed by atoms with van der Waals surface area (Å²) in [6.07, 6.45) is 0. The molecule has 3 aromatic heterocycles. The summed E-state index contributed by atoms with van der Waals surface area (Å²) in [7, 11) is 0. The third-order valence-electron chi connectivity index (χ3n) is 11.3. The Morgan fingerprint density at radius 3 is 1.14 bits per heavy atom. The van der Waals surface area contributed by atoms with Crippen molar-refractivity contribution in [1.82, 2.24) is 45.2 Å². The van der Waals surface area contributed by atoms with Crippen molar-refractivity contribution in [3.05, 3.63) is 94.5 Å². The summed E-state index contributed by atoms with van der Waals surface area (Å²) in [5.74, 6) is 1.03. The monoisotopic (exact) mass is 751 g/mol. The number of aromatic amines is 2.